The average molecular weight is 196 g/mol. The van der Waals surface area contributed by atoms with Crippen molar-refractivity contribution in [3.05, 3.63) is 36.5 Å². The molecule has 4 heteroatoms. The predicted molar refractivity (Wildman–Crippen MR) is 47.5 cm³/mol. The molecule has 0 amide bonds. The van der Waals surface area contributed by atoms with Gasteiger partial charge in [0.25, 0.3) is 0 Å². The van der Waals surface area contributed by atoms with Gasteiger partial charge < -0.3 is 12.4 Å². The second kappa shape index (κ2) is 4.18. The van der Waals surface area contributed by atoms with Crippen LogP contribution in [0.25, 0.3) is 10.9 Å². The molecule has 1 heterocycles. The zero-order valence-electron chi connectivity index (χ0n) is 6.94. The number of hydrogen-bond acceptors (Lipinski definition) is 2. The average Bonchev–Trinajstić information content (AvgIpc) is 2.17. The monoisotopic (exact) mass is 195 g/mol. The molecule has 0 aliphatic heterocycles. The molecule has 0 fully saturated rings. The molecule has 2 rings (SSSR count). The lowest BCUT2D eigenvalue weighted by Crippen LogP contribution is -3.00. The van der Waals surface area contributed by atoms with Gasteiger partial charge in [-0.25, -0.2) is 10.4 Å². The molecular weight excluding hydrogens is 186 g/mol. The first kappa shape index (κ1) is 9.92. The number of quaternary nitrogens is 1. The smallest absolute Gasteiger partial charge is 0.175 e. The lowest BCUT2D eigenvalue weighted by molar-refractivity contribution is -0.583. The van der Waals surface area contributed by atoms with Crippen LogP contribution in [-0.2, 0) is 0 Å². The zero-order chi connectivity index (χ0) is 8.39. The molecule has 3 nitrogen and oxygen atoms in total. The van der Waals surface area contributed by atoms with Gasteiger partial charge in [-0.2, -0.15) is 5.84 Å². The van der Waals surface area contributed by atoms with Gasteiger partial charge in [0.1, 0.15) is 5.52 Å². The van der Waals surface area contributed by atoms with Crippen molar-refractivity contribution in [3.8, 4) is 0 Å². The second-order valence-electron chi connectivity index (χ2n) is 2.59. The maximum absolute atomic E-state index is 5.45. The third kappa shape index (κ3) is 1.78. The Balaban J connectivity index is 0.000000845. The summed E-state index contributed by atoms with van der Waals surface area (Å²) in [7, 11) is 0. The van der Waals surface area contributed by atoms with Crippen molar-refractivity contribution in [2.24, 2.45) is 5.84 Å². The maximum atomic E-state index is 5.45. The van der Waals surface area contributed by atoms with Crippen molar-refractivity contribution in [3.63, 3.8) is 0 Å². The van der Waals surface area contributed by atoms with Gasteiger partial charge in [0.2, 0.25) is 0 Å². The highest BCUT2D eigenvalue weighted by Gasteiger charge is 2.01. The minimum Gasteiger partial charge on any atom is -1.00 e. The summed E-state index contributed by atoms with van der Waals surface area (Å²) in [5.74, 6) is 5.45. The van der Waals surface area contributed by atoms with Crippen molar-refractivity contribution >= 4 is 16.6 Å². The number of fused-ring (bicyclic) bond motifs is 1. The summed E-state index contributed by atoms with van der Waals surface area (Å²) >= 11 is 0. The van der Waals surface area contributed by atoms with Crippen LogP contribution in [0.2, 0.25) is 0 Å². The van der Waals surface area contributed by atoms with E-state index in [0.29, 0.717) is 0 Å². The Bertz CT molecular complexity index is 397. The molecule has 2 aromatic rings. The van der Waals surface area contributed by atoms with Gasteiger partial charge in [-0.15, -0.1) is 0 Å². The normalized spacial score (nSPS) is 9.62. The summed E-state index contributed by atoms with van der Waals surface area (Å²) in [6.45, 7) is 0. The third-order valence-corrected chi connectivity index (χ3v) is 1.84. The Morgan fingerprint density at radius 1 is 1.15 bits per heavy atom. The minimum absolute atomic E-state index is 0. The lowest BCUT2D eigenvalue weighted by atomic mass is 10.2. The SMILES string of the molecule is N[NH2+]c1cccc2cccnc12.[Cl-]. The molecule has 0 unspecified atom stereocenters. The van der Waals surface area contributed by atoms with Crippen LogP contribution in [0.5, 0.6) is 0 Å². The topological polar surface area (TPSA) is 55.5 Å². The van der Waals surface area contributed by atoms with E-state index in [0.717, 1.165) is 16.6 Å². The van der Waals surface area contributed by atoms with E-state index >= 15 is 0 Å². The number of nitrogens with zero attached hydrogens (tertiary/aromatic N) is 1. The van der Waals surface area contributed by atoms with Crippen molar-refractivity contribution in [2.75, 3.05) is 0 Å². The fraction of sp³-hybridized carbons (Fsp3) is 0. The number of benzene rings is 1. The molecule has 0 aliphatic carbocycles. The number of para-hydroxylation sites is 1. The first-order valence-electron chi connectivity index (χ1n) is 3.80. The van der Waals surface area contributed by atoms with Crippen molar-refractivity contribution in [1.82, 2.24) is 4.98 Å². The zero-order valence-corrected chi connectivity index (χ0v) is 7.70. The molecular formula is C9H10ClN3. The number of halogens is 1. The van der Waals surface area contributed by atoms with Crippen LogP contribution in [0.4, 0.5) is 5.69 Å². The van der Waals surface area contributed by atoms with Gasteiger partial charge in [-0.1, -0.05) is 18.2 Å². The number of nitrogens with two attached hydrogens (primary N) is 2. The van der Waals surface area contributed by atoms with Gasteiger partial charge in [0, 0.05) is 17.6 Å². The van der Waals surface area contributed by atoms with Gasteiger partial charge in [-0.3, -0.25) is 0 Å². The Morgan fingerprint density at radius 3 is 2.69 bits per heavy atom. The molecule has 68 valence electrons. The first-order chi connectivity index (χ1) is 5.92. The summed E-state index contributed by atoms with van der Waals surface area (Å²) in [6.07, 6.45) is 1.77. The van der Waals surface area contributed by atoms with Gasteiger partial charge in [0.15, 0.2) is 5.69 Å². The molecule has 4 N–H and O–H groups in total. The van der Waals surface area contributed by atoms with Crippen LogP contribution < -0.4 is 23.7 Å². The molecule has 0 radical (unpaired) electrons. The number of pyridine rings is 1. The third-order valence-electron chi connectivity index (χ3n) is 1.84. The van der Waals surface area contributed by atoms with Crippen molar-refractivity contribution in [1.29, 1.82) is 0 Å². The number of aromatic nitrogens is 1. The quantitative estimate of drug-likeness (QED) is 0.296. The van der Waals surface area contributed by atoms with Crippen molar-refractivity contribution < 1.29 is 17.8 Å². The van der Waals surface area contributed by atoms with E-state index < -0.39 is 0 Å². The Morgan fingerprint density at radius 2 is 1.92 bits per heavy atom. The molecule has 0 spiro atoms. The molecule has 0 atom stereocenters. The minimum atomic E-state index is 0. The number of rotatable bonds is 1. The standard InChI is InChI=1S/C9H9N3.ClH/c10-12-8-5-1-3-7-4-2-6-11-9(7)8;/h1-6,12H,10H2;1H. The molecule has 0 aliphatic rings. The van der Waals surface area contributed by atoms with Crippen LogP contribution >= 0.6 is 0 Å². The molecule has 0 bridgehead atoms. The fourth-order valence-electron chi connectivity index (χ4n) is 1.26. The van der Waals surface area contributed by atoms with E-state index in [2.05, 4.69) is 4.98 Å². The lowest BCUT2D eigenvalue weighted by Gasteiger charge is -1.98. The van der Waals surface area contributed by atoms with E-state index in [-0.39, 0.29) is 12.4 Å². The Labute approximate surface area is 82.3 Å². The Kier molecular flexibility index (Phi) is 3.19. The Hall–Kier alpha value is -1.16. The van der Waals surface area contributed by atoms with E-state index in [1.807, 2.05) is 30.3 Å². The van der Waals surface area contributed by atoms with E-state index in [9.17, 15) is 0 Å². The second-order valence-corrected chi connectivity index (χ2v) is 2.59. The van der Waals surface area contributed by atoms with Crippen LogP contribution in [-0.4, -0.2) is 4.98 Å². The fourth-order valence-corrected chi connectivity index (χ4v) is 1.26. The van der Waals surface area contributed by atoms with E-state index in [4.69, 9.17) is 5.84 Å². The molecule has 1 aromatic carbocycles. The molecule has 13 heavy (non-hydrogen) atoms. The highest BCUT2D eigenvalue weighted by atomic mass is 35.5. The van der Waals surface area contributed by atoms with Crippen LogP contribution in [0.1, 0.15) is 0 Å². The summed E-state index contributed by atoms with van der Waals surface area (Å²) in [6, 6.07) is 9.89. The van der Waals surface area contributed by atoms with Gasteiger partial charge in [-0.05, 0) is 6.07 Å². The van der Waals surface area contributed by atoms with Crippen LogP contribution in [0.15, 0.2) is 36.5 Å². The highest BCUT2D eigenvalue weighted by Crippen LogP contribution is 2.15. The number of hydrogen-bond donors (Lipinski definition) is 2. The van der Waals surface area contributed by atoms with Crippen LogP contribution in [0.3, 0.4) is 0 Å². The predicted octanol–water partition coefficient (Wildman–Crippen LogP) is -2.69. The largest absolute Gasteiger partial charge is 1.00 e. The summed E-state index contributed by atoms with van der Waals surface area (Å²) < 4.78 is 0. The molecule has 0 saturated heterocycles. The maximum Gasteiger partial charge on any atom is 0.175 e. The summed E-state index contributed by atoms with van der Waals surface area (Å²) in [4.78, 5) is 4.24. The highest BCUT2D eigenvalue weighted by molar-refractivity contribution is 5.86. The van der Waals surface area contributed by atoms with Crippen molar-refractivity contribution in [2.45, 2.75) is 0 Å². The molecule has 1 aromatic heterocycles. The molecule has 0 saturated carbocycles. The van der Waals surface area contributed by atoms with Crippen LogP contribution in [0, 0.1) is 0 Å². The van der Waals surface area contributed by atoms with E-state index in [1.54, 1.807) is 11.6 Å². The summed E-state index contributed by atoms with van der Waals surface area (Å²) in [5.41, 5.74) is 3.52. The summed E-state index contributed by atoms with van der Waals surface area (Å²) in [5, 5.41) is 1.12. The van der Waals surface area contributed by atoms with Gasteiger partial charge >= 0.3 is 0 Å². The first-order valence-corrected chi connectivity index (χ1v) is 3.80. The van der Waals surface area contributed by atoms with Gasteiger partial charge in [0.05, 0.1) is 0 Å². The van der Waals surface area contributed by atoms with E-state index in [1.165, 1.54) is 0 Å².